The number of halogens is 1. The second kappa shape index (κ2) is 7.46. The van der Waals surface area contributed by atoms with Gasteiger partial charge in [0.15, 0.2) is 0 Å². The van der Waals surface area contributed by atoms with Crippen molar-refractivity contribution < 1.29 is 8.42 Å². The highest BCUT2D eigenvalue weighted by Gasteiger charge is 2.34. The fraction of sp³-hybridized carbons (Fsp3) is 0.368. The van der Waals surface area contributed by atoms with Crippen molar-refractivity contribution in [1.82, 2.24) is 9.62 Å². The Balaban J connectivity index is 0.00000182. The first-order chi connectivity index (χ1) is 11.6. The van der Waals surface area contributed by atoms with E-state index in [4.69, 9.17) is 0 Å². The Bertz CT molecular complexity index is 826. The van der Waals surface area contributed by atoms with Crippen molar-refractivity contribution in [3.8, 4) is 11.1 Å². The van der Waals surface area contributed by atoms with Crippen molar-refractivity contribution in [2.75, 3.05) is 13.1 Å². The molecule has 2 unspecified atom stereocenters. The first kappa shape index (κ1) is 18.4. The molecule has 2 saturated heterocycles. The lowest BCUT2D eigenvalue weighted by molar-refractivity contribution is 0.383. The predicted octanol–water partition coefficient (Wildman–Crippen LogP) is 3.29. The van der Waals surface area contributed by atoms with E-state index in [2.05, 4.69) is 5.32 Å². The molecular formula is C19H23ClN2O2S. The number of hydrogen-bond donors (Lipinski definition) is 1. The summed E-state index contributed by atoms with van der Waals surface area (Å²) in [6.45, 7) is 1.18. The zero-order valence-corrected chi connectivity index (χ0v) is 15.6. The van der Waals surface area contributed by atoms with Crippen molar-refractivity contribution >= 4 is 22.4 Å². The molecule has 2 atom stereocenters. The number of benzene rings is 2. The van der Waals surface area contributed by atoms with Crippen LogP contribution in [0.15, 0.2) is 59.5 Å². The first-order valence-electron chi connectivity index (χ1n) is 8.54. The molecular weight excluding hydrogens is 356 g/mol. The zero-order chi connectivity index (χ0) is 16.6. The maximum atomic E-state index is 13.1. The summed E-state index contributed by atoms with van der Waals surface area (Å²) in [6.07, 6.45) is 3.14. The molecule has 6 heteroatoms. The van der Waals surface area contributed by atoms with Crippen molar-refractivity contribution in [2.24, 2.45) is 0 Å². The summed E-state index contributed by atoms with van der Waals surface area (Å²) in [5.74, 6) is 0. The van der Waals surface area contributed by atoms with Gasteiger partial charge in [-0.15, -0.1) is 12.4 Å². The number of hydrogen-bond acceptors (Lipinski definition) is 3. The summed E-state index contributed by atoms with van der Waals surface area (Å²) in [5, 5.41) is 3.54. The lowest BCUT2D eigenvalue weighted by atomic mass is 10.1. The number of nitrogens with zero attached hydrogens (tertiary/aromatic N) is 1. The summed E-state index contributed by atoms with van der Waals surface area (Å²) in [7, 11) is -3.44. The Kier molecular flexibility index (Phi) is 5.49. The molecule has 2 fully saturated rings. The monoisotopic (exact) mass is 378 g/mol. The summed E-state index contributed by atoms with van der Waals surface area (Å²) in [5.41, 5.74) is 1.97. The van der Waals surface area contributed by atoms with E-state index >= 15 is 0 Å². The molecule has 2 aliphatic rings. The van der Waals surface area contributed by atoms with Gasteiger partial charge in [-0.3, -0.25) is 0 Å². The van der Waals surface area contributed by atoms with Crippen LogP contribution in [-0.4, -0.2) is 37.9 Å². The van der Waals surface area contributed by atoms with E-state index in [1.807, 2.05) is 42.5 Å². The van der Waals surface area contributed by atoms with E-state index in [9.17, 15) is 8.42 Å². The quantitative estimate of drug-likeness (QED) is 0.891. The molecule has 134 valence electrons. The lowest BCUT2D eigenvalue weighted by Crippen LogP contribution is -2.39. The maximum absolute atomic E-state index is 13.1. The van der Waals surface area contributed by atoms with Crippen LogP contribution in [0, 0.1) is 0 Å². The Morgan fingerprint density at radius 3 is 2.40 bits per heavy atom. The maximum Gasteiger partial charge on any atom is 0.243 e. The third kappa shape index (κ3) is 3.75. The molecule has 2 aliphatic heterocycles. The van der Waals surface area contributed by atoms with Gasteiger partial charge >= 0.3 is 0 Å². The van der Waals surface area contributed by atoms with Crippen molar-refractivity contribution in [1.29, 1.82) is 0 Å². The van der Waals surface area contributed by atoms with Crippen LogP contribution in [0.4, 0.5) is 0 Å². The zero-order valence-electron chi connectivity index (χ0n) is 14.0. The molecule has 2 heterocycles. The Hall–Kier alpha value is -1.40. The lowest BCUT2D eigenvalue weighted by Gasteiger charge is -2.24. The fourth-order valence-electron chi connectivity index (χ4n) is 3.75. The van der Waals surface area contributed by atoms with Crippen molar-refractivity contribution in [3.63, 3.8) is 0 Å². The standard InChI is InChI=1S/C19H22N2O2S.ClH/c22-24(23,21-12-11-17-9-10-18(14-21)20-17)19-8-4-7-16(13-19)15-5-2-1-3-6-15;/h1-8,13,17-18,20H,9-12,14H2;1H. The van der Waals surface area contributed by atoms with Crippen LogP contribution in [0.25, 0.3) is 11.1 Å². The molecule has 25 heavy (non-hydrogen) atoms. The molecule has 0 saturated carbocycles. The smallest absolute Gasteiger partial charge is 0.243 e. The molecule has 0 radical (unpaired) electrons. The number of sulfonamides is 1. The van der Waals surface area contributed by atoms with Gasteiger partial charge in [-0.1, -0.05) is 42.5 Å². The summed E-state index contributed by atoms with van der Waals surface area (Å²) in [6, 6.07) is 18.0. The topological polar surface area (TPSA) is 49.4 Å². The van der Waals surface area contributed by atoms with Gasteiger partial charge in [-0.25, -0.2) is 8.42 Å². The third-order valence-corrected chi connectivity index (χ3v) is 6.93. The van der Waals surface area contributed by atoms with Crippen LogP contribution in [0.5, 0.6) is 0 Å². The van der Waals surface area contributed by atoms with Crippen LogP contribution in [0.1, 0.15) is 19.3 Å². The number of rotatable bonds is 3. The molecule has 0 aliphatic carbocycles. The minimum absolute atomic E-state index is 0. The average Bonchev–Trinajstić information content (AvgIpc) is 2.94. The molecule has 0 amide bonds. The van der Waals surface area contributed by atoms with Gasteiger partial charge in [-0.2, -0.15) is 4.31 Å². The highest BCUT2D eigenvalue weighted by Crippen LogP contribution is 2.27. The third-order valence-electron chi connectivity index (χ3n) is 5.06. The largest absolute Gasteiger partial charge is 0.310 e. The van der Waals surface area contributed by atoms with E-state index in [1.165, 1.54) is 6.42 Å². The first-order valence-corrected chi connectivity index (χ1v) is 9.98. The van der Waals surface area contributed by atoms with E-state index in [1.54, 1.807) is 16.4 Å². The molecule has 4 rings (SSSR count). The molecule has 2 aromatic rings. The van der Waals surface area contributed by atoms with E-state index < -0.39 is 10.0 Å². The Morgan fingerprint density at radius 2 is 1.60 bits per heavy atom. The van der Waals surface area contributed by atoms with Gasteiger partial charge < -0.3 is 5.32 Å². The molecule has 1 N–H and O–H groups in total. The molecule has 2 bridgehead atoms. The van der Waals surface area contributed by atoms with Crippen LogP contribution >= 0.6 is 12.4 Å². The SMILES string of the molecule is Cl.O=S(=O)(c1cccc(-c2ccccc2)c1)N1CCC2CCC(C1)N2. The highest BCUT2D eigenvalue weighted by atomic mass is 35.5. The van der Waals surface area contributed by atoms with Crippen LogP contribution in [-0.2, 0) is 10.0 Å². The van der Waals surface area contributed by atoms with Crippen molar-refractivity contribution in [2.45, 2.75) is 36.2 Å². The second-order valence-corrected chi connectivity index (χ2v) is 8.62. The highest BCUT2D eigenvalue weighted by molar-refractivity contribution is 7.89. The summed E-state index contributed by atoms with van der Waals surface area (Å²) < 4.78 is 27.9. The van der Waals surface area contributed by atoms with Crippen molar-refractivity contribution in [3.05, 3.63) is 54.6 Å². The average molecular weight is 379 g/mol. The molecule has 2 aromatic carbocycles. The normalized spacial score (nSPS) is 23.7. The Morgan fingerprint density at radius 1 is 0.880 bits per heavy atom. The van der Waals surface area contributed by atoms with Gasteiger partial charge in [0.05, 0.1) is 4.90 Å². The molecule has 0 spiro atoms. The van der Waals surface area contributed by atoms with E-state index in [0.717, 1.165) is 24.0 Å². The fourth-order valence-corrected chi connectivity index (χ4v) is 5.29. The van der Waals surface area contributed by atoms with Gasteiger partial charge in [0.25, 0.3) is 0 Å². The number of nitrogens with one attached hydrogen (secondary N) is 1. The molecule has 0 aromatic heterocycles. The number of fused-ring (bicyclic) bond motifs is 2. The minimum atomic E-state index is -3.44. The summed E-state index contributed by atoms with van der Waals surface area (Å²) >= 11 is 0. The van der Waals surface area contributed by atoms with E-state index in [0.29, 0.717) is 30.1 Å². The predicted molar refractivity (Wildman–Crippen MR) is 102 cm³/mol. The van der Waals surface area contributed by atoms with Gasteiger partial charge in [0, 0.05) is 25.2 Å². The van der Waals surface area contributed by atoms with Crippen LogP contribution < -0.4 is 5.32 Å². The Labute approximate surface area is 155 Å². The van der Waals surface area contributed by atoms with Gasteiger partial charge in [-0.05, 0) is 42.5 Å². The minimum Gasteiger partial charge on any atom is -0.310 e. The summed E-state index contributed by atoms with van der Waals surface area (Å²) in [4.78, 5) is 0.390. The second-order valence-electron chi connectivity index (χ2n) is 6.68. The van der Waals surface area contributed by atoms with Gasteiger partial charge in [0.2, 0.25) is 10.0 Å². The molecule has 4 nitrogen and oxygen atoms in total. The van der Waals surface area contributed by atoms with Crippen LogP contribution in [0.2, 0.25) is 0 Å². The van der Waals surface area contributed by atoms with Gasteiger partial charge in [0.1, 0.15) is 0 Å². The van der Waals surface area contributed by atoms with Crippen LogP contribution in [0.3, 0.4) is 0 Å². The van der Waals surface area contributed by atoms with E-state index in [-0.39, 0.29) is 12.4 Å².